The van der Waals surface area contributed by atoms with Crippen molar-refractivity contribution in [2.24, 2.45) is 0 Å². The van der Waals surface area contributed by atoms with Crippen molar-refractivity contribution in [1.82, 2.24) is 25.1 Å². The molecule has 1 aromatic carbocycles. The molecule has 0 saturated heterocycles. The smallest absolute Gasteiger partial charge is 0.214 e. The number of H-pyrrole nitrogens is 1. The molecular formula is C17H15N5S2. The van der Waals surface area contributed by atoms with Crippen LogP contribution in [0.15, 0.2) is 46.2 Å². The highest BCUT2D eigenvalue weighted by molar-refractivity contribution is 7.99. The summed E-state index contributed by atoms with van der Waals surface area (Å²) in [6, 6.07) is 8.52. The first-order valence-electron chi connectivity index (χ1n) is 7.63. The lowest BCUT2D eigenvalue weighted by molar-refractivity contribution is 0.940. The molecule has 0 bridgehead atoms. The molecular weight excluding hydrogens is 338 g/mol. The van der Waals surface area contributed by atoms with Crippen LogP contribution in [-0.2, 0) is 6.42 Å². The second-order valence-corrected chi connectivity index (χ2v) is 7.21. The summed E-state index contributed by atoms with van der Waals surface area (Å²) in [5.41, 5.74) is 3.58. The molecule has 0 spiro atoms. The number of fused-ring (bicyclic) bond motifs is 1. The first kappa shape index (κ1) is 15.3. The zero-order chi connectivity index (χ0) is 16.5. The summed E-state index contributed by atoms with van der Waals surface area (Å²) in [5, 5.41) is 12.0. The van der Waals surface area contributed by atoms with E-state index in [1.807, 2.05) is 6.92 Å². The van der Waals surface area contributed by atoms with Gasteiger partial charge < -0.3 is 0 Å². The normalized spacial score (nSPS) is 11.2. The van der Waals surface area contributed by atoms with Gasteiger partial charge in [-0.3, -0.25) is 5.10 Å². The number of thiophene rings is 1. The molecule has 0 aliphatic carbocycles. The summed E-state index contributed by atoms with van der Waals surface area (Å²) in [6.07, 6.45) is 2.44. The Morgan fingerprint density at radius 3 is 2.75 bits per heavy atom. The number of aryl methyl sites for hydroxylation is 2. The standard InChI is InChI=1S/C17H15N5S2/c1-3-13-20-17(22-21-13)24-16-14-12(8-23-15(14)18-9-19-16)11-6-4-10(2)5-7-11/h4-9H,3H2,1-2H3,(H,20,21,22). The third-order valence-electron chi connectivity index (χ3n) is 3.73. The average molecular weight is 353 g/mol. The van der Waals surface area contributed by atoms with E-state index in [-0.39, 0.29) is 0 Å². The van der Waals surface area contributed by atoms with Gasteiger partial charge in [0.05, 0.1) is 5.39 Å². The minimum atomic E-state index is 0.688. The first-order chi connectivity index (χ1) is 11.7. The zero-order valence-electron chi connectivity index (χ0n) is 13.3. The number of benzene rings is 1. The molecule has 24 heavy (non-hydrogen) atoms. The number of aromatic amines is 1. The Hall–Kier alpha value is -2.25. The van der Waals surface area contributed by atoms with E-state index in [4.69, 9.17) is 0 Å². The van der Waals surface area contributed by atoms with Gasteiger partial charge in [-0.2, -0.15) is 0 Å². The van der Waals surface area contributed by atoms with Crippen LogP contribution in [0.2, 0.25) is 0 Å². The first-order valence-corrected chi connectivity index (χ1v) is 9.32. The Morgan fingerprint density at radius 1 is 1.17 bits per heavy atom. The van der Waals surface area contributed by atoms with E-state index in [9.17, 15) is 0 Å². The highest BCUT2D eigenvalue weighted by Crippen LogP contribution is 2.39. The second kappa shape index (κ2) is 6.33. The number of hydrogen-bond donors (Lipinski definition) is 1. The van der Waals surface area contributed by atoms with E-state index < -0.39 is 0 Å². The van der Waals surface area contributed by atoms with E-state index in [1.165, 1.54) is 22.9 Å². The van der Waals surface area contributed by atoms with Crippen molar-refractivity contribution in [2.75, 3.05) is 0 Å². The largest absolute Gasteiger partial charge is 0.262 e. The van der Waals surface area contributed by atoms with Crippen LogP contribution in [0.1, 0.15) is 18.3 Å². The second-order valence-electron chi connectivity index (χ2n) is 5.39. The Bertz CT molecular complexity index is 988. The molecule has 1 N–H and O–H groups in total. The van der Waals surface area contributed by atoms with Gasteiger partial charge in [0.1, 0.15) is 22.0 Å². The number of aromatic nitrogens is 5. The Morgan fingerprint density at radius 2 is 2.00 bits per heavy atom. The van der Waals surface area contributed by atoms with E-state index in [0.29, 0.717) is 5.16 Å². The summed E-state index contributed by atoms with van der Waals surface area (Å²) in [5.74, 6) is 0.881. The van der Waals surface area contributed by atoms with E-state index in [1.54, 1.807) is 17.7 Å². The van der Waals surface area contributed by atoms with Crippen LogP contribution in [0.4, 0.5) is 0 Å². The minimum absolute atomic E-state index is 0.688. The fourth-order valence-electron chi connectivity index (χ4n) is 2.44. The molecule has 0 fully saturated rings. The molecule has 4 rings (SSSR count). The van der Waals surface area contributed by atoms with Gasteiger partial charge in [-0.15, -0.1) is 16.4 Å². The lowest BCUT2D eigenvalue weighted by atomic mass is 10.1. The average Bonchev–Trinajstić information content (AvgIpc) is 3.23. The van der Waals surface area contributed by atoms with Crippen LogP contribution in [0.25, 0.3) is 21.3 Å². The highest BCUT2D eigenvalue weighted by atomic mass is 32.2. The minimum Gasteiger partial charge on any atom is -0.262 e. The maximum atomic E-state index is 4.48. The molecule has 0 aliphatic heterocycles. The third-order valence-corrected chi connectivity index (χ3v) is 5.49. The fourth-order valence-corrected chi connectivity index (χ4v) is 4.25. The molecule has 3 heterocycles. The van der Waals surface area contributed by atoms with Crippen molar-refractivity contribution in [3.05, 3.63) is 47.4 Å². The van der Waals surface area contributed by atoms with Crippen molar-refractivity contribution in [1.29, 1.82) is 0 Å². The summed E-state index contributed by atoms with van der Waals surface area (Å²) in [7, 11) is 0. The monoisotopic (exact) mass is 353 g/mol. The van der Waals surface area contributed by atoms with E-state index in [0.717, 1.165) is 33.1 Å². The van der Waals surface area contributed by atoms with Crippen LogP contribution in [0, 0.1) is 6.92 Å². The summed E-state index contributed by atoms with van der Waals surface area (Å²) >= 11 is 3.11. The summed E-state index contributed by atoms with van der Waals surface area (Å²) < 4.78 is 0. The van der Waals surface area contributed by atoms with Gasteiger partial charge in [0, 0.05) is 17.4 Å². The molecule has 0 amide bonds. The maximum Gasteiger partial charge on any atom is 0.214 e. The van der Waals surface area contributed by atoms with E-state index in [2.05, 4.69) is 61.7 Å². The van der Waals surface area contributed by atoms with Gasteiger partial charge in [0.15, 0.2) is 0 Å². The van der Waals surface area contributed by atoms with Crippen molar-refractivity contribution in [3.63, 3.8) is 0 Å². The summed E-state index contributed by atoms with van der Waals surface area (Å²) in [4.78, 5) is 14.3. The van der Waals surface area contributed by atoms with Crippen molar-refractivity contribution < 1.29 is 0 Å². The maximum absolute atomic E-state index is 4.48. The molecule has 0 radical (unpaired) electrons. The molecule has 0 unspecified atom stereocenters. The van der Waals surface area contributed by atoms with Gasteiger partial charge in [0.25, 0.3) is 0 Å². The van der Waals surface area contributed by atoms with Gasteiger partial charge in [-0.05, 0) is 24.2 Å². The molecule has 0 saturated carbocycles. The third kappa shape index (κ3) is 2.81. The highest BCUT2D eigenvalue weighted by Gasteiger charge is 2.15. The lowest BCUT2D eigenvalue weighted by Crippen LogP contribution is -1.87. The molecule has 0 atom stereocenters. The molecule has 0 aliphatic rings. The number of hydrogen-bond acceptors (Lipinski definition) is 6. The number of nitrogens with zero attached hydrogens (tertiary/aromatic N) is 4. The zero-order valence-corrected chi connectivity index (χ0v) is 14.9. The Balaban J connectivity index is 1.80. The Kier molecular flexibility index (Phi) is 4.03. The molecule has 120 valence electrons. The quantitative estimate of drug-likeness (QED) is 0.547. The lowest BCUT2D eigenvalue weighted by Gasteiger charge is -2.04. The topological polar surface area (TPSA) is 67.3 Å². The van der Waals surface area contributed by atoms with Crippen LogP contribution in [0.5, 0.6) is 0 Å². The van der Waals surface area contributed by atoms with Gasteiger partial charge in [-0.1, -0.05) is 36.8 Å². The SMILES string of the molecule is CCc1nc(Sc2ncnc3scc(-c4ccc(C)cc4)c23)n[nH]1. The van der Waals surface area contributed by atoms with Crippen LogP contribution >= 0.6 is 23.1 Å². The fraction of sp³-hybridized carbons (Fsp3) is 0.176. The van der Waals surface area contributed by atoms with Crippen LogP contribution < -0.4 is 0 Å². The van der Waals surface area contributed by atoms with Crippen LogP contribution in [0.3, 0.4) is 0 Å². The Labute approximate surface area is 147 Å². The predicted molar refractivity (Wildman–Crippen MR) is 97.5 cm³/mol. The number of rotatable bonds is 4. The van der Waals surface area contributed by atoms with E-state index >= 15 is 0 Å². The molecule has 3 aromatic heterocycles. The van der Waals surface area contributed by atoms with Crippen molar-refractivity contribution in [2.45, 2.75) is 30.5 Å². The molecule has 4 aromatic rings. The predicted octanol–water partition coefficient (Wildman–Crippen LogP) is 4.50. The van der Waals surface area contributed by atoms with Gasteiger partial charge in [0.2, 0.25) is 5.16 Å². The van der Waals surface area contributed by atoms with Crippen molar-refractivity contribution >= 4 is 33.3 Å². The van der Waals surface area contributed by atoms with Crippen molar-refractivity contribution in [3.8, 4) is 11.1 Å². The summed E-state index contributed by atoms with van der Waals surface area (Å²) in [6.45, 7) is 4.14. The number of nitrogens with one attached hydrogen (secondary N) is 1. The molecule has 5 nitrogen and oxygen atoms in total. The van der Waals surface area contributed by atoms with Gasteiger partial charge >= 0.3 is 0 Å². The van der Waals surface area contributed by atoms with Gasteiger partial charge in [-0.25, -0.2) is 15.0 Å². The van der Waals surface area contributed by atoms with Crippen LogP contribution in [-0.4, -0.2) is 25.1 Å². The molecule has 7 heteroatoms.